The van der Waals surface area contributed by atoms with Crippen molar-refractivity contribution in [2.45, 2.75) is 25.3 Å². The zero-order valence-corrected chi connectivity index (χ0v) is 15.4. The number of carbonyl (C=O) groups is 1. The Morgan fingerprint density at radius 3 is 2.81 bits per heavy atom. The van der Waals surface area contributed by atoms with Crippen LogP contribution in [0.2, 0.25) is 0 Å². The second-order valence-corrected chi connectivity index (χ2v) is 7.45. The fourth-order valence-corrected chi connectivity index (χ4v) is 4.50. The van der Waals surface area contributed by atoms with Crippen LogP contribution in [0.3, 0.4) is 0 Å². The molecule has 2 aromatic carbocycles. The van der Waals surface area contributed by atoms with Crippen LogP contribution in [0.1, 0.15) is 30.0 Å². The van der Waals surface area contributed by atoms with E-state index in [0.717, 1.165) is 49.4 Å². The highest BCUT2D eigenvalue weighted by Gasteiger charge is 2.32. The van der Waals surface area contributed by atoms with Gasteiger partial charge in [0.25, 0.3) is 0 Å². The molecule has 0 spiro atoms. The summed E-state index contributed by atoms with van der Waals surface area (Å²) >= 11 is 0. The molecule has 3 aliphatic heterocycles. The van der Waals surface area contributed by atoms with Crippen LogP contribution in [0.15, 0.2) is 42.5 Å². The average molecular weight is 364 g/mol. The van der Waals surface area contributed by atoms with E-state index in [4.69, 9.17) is 9.47 Å². The molecule has 5 heteroatoms. The molecule has 27 heavy (non-hydrogen) atoms. The first-order valence-electron chi connectivity index (χ1n) is 9.81. The van der Waals surface area contributed by atoms with Crippen LogP contribution in [-0.2, 0) is 11.2 Å². The van der Waals surface area contributed by atoms with Gasteiger partial charge in [0.15, 0.2) is 11.5 Å². The van der Waals surface area contributed by atoms with E-state index in [0.29, 0.717) is 19.8 Å². The lowest BCUT2D eigenvalue weighted by Crippen LogP contribution is -2.39. The van der Waals surface area contributed by atoms with Gasteiger partial charge in [-0.2, -0.15) is 0 Å². The number of para-hydroxylation sites is 1. The lowest BCUT2D eigenvalue weighted by molar-refractivity contribution is -0.130. The zero-order chi connectivity index (χ0) is 18.2. The molecular weight excluding hydrogens is 340 g/mol. The second kappa shape index (κ2) is 6.80. The molecule has 3 aliphatic rings. The fraction of sp³-hybridized carbons (Fsp3) is 0.409. The maximum atomic E-state index is 13.1. The summed E-state index contributed by atoms with van der Waals surface area (Å²) in [5.74, 6) is 1.81. The van der Waals surface area contributed by atoms with Crippen LogP contribution >= 0.6 is 0 Å². The third-order valence-electron chi connectivity index (χ3n) is 5.83. The van der Waals surface area contributed by atoms with Gasteiger partial charge in [0.1, 0.15) is 13.2 Å². The van der Waals surface area contributed by atoms with Gasteiger partial charge in [0.05, 0.1) is 12.6 Å². The molecule has 0 N–H and O–H groups in total. The van der Waals surface area contributed by atoms with E-state index < -0.39 is 0 Å². The van der Waals surface area contributed by atoms with E-state index in [1.165, 1.54) is 11.3 Å². The molecule has 1 atom stereocenters. The smallest absolute Gasteiger partial charge is 0.242 e. The predicted molar refractivity (Wildman–Crippen MR) is 103 cm³/mol. The van der Waals surface area contributed by atoms with E-state index >= 15 is 0 Å². The fourth-order valence-electron chi connectivity index (χ4n) is 4.50. The van der Waals surface area contributed by atoms with Gasteiger partial charge < -0.3 is 19.3 Å². The molecule has 0 aromatic heterocycles. The Bertz CT molecular complexity index is 866. The number of hydrogen-bond donors (Lipinski definition) is 0. The van der Waals surface area contributed by atoms with Crippen molar-refractivity contribution in [3.05, 3.63) is 53.6 Å². The summed E-state index contributed by atoms with van der Waals surface area (Å²) < 4.78 is 11.4. The first kappa shape index (κ1) is 16.5. The molecule has 0 radical (unpaired) electrons. The Morgan fingerprint density at radius 1 is 1.04 bits per heavy atom. The van der Waals surface area contributed by atoms with Crippen LogP contribution in [0.25, 0.3) is 0 Å². The lowest BCUT2D eigenvalue weighted by Gasteiger charge is -2.29. The predicted octanol–water partition coefficient (Wildman–Crippen LogP) is 3.18. The normalized spacial score (nSPS) is 20.7. The van der Waals surface area contributed by atoms with Gasteiger partial charge in [-0.05, 0) is 48.6 Å². The number of benzene rings is 2. The summed E-state index contributed by atoms with van der Waals surface area (Å²) in [5.41, 5.74) is 3.70. The molecule has 5 rings (SSSR count). The van der Waals surface area contributed by atoms with Crippen LogP contribution in [-0.4, -0.2) is 43.7 Å². The van der Waals surface area contributed by atoms with Crippen LogP contribution in [0.5, 0.6) is 11.5 Å². The third-order valence-corrected chi connectivity index (χ3v) is 5.83. The van der Waals surface area contributed by atoms with Crippen LogP contribution in [0, 0.1) is 0 Å². The highest BCUT2D eigenvalue weighted by Crippen LogP contribution is 2.38. The molecule has 1 saturated heterocycles. The van der Waals surface area contributed by atoms with Gasteiger partial charge >= 0.3 is 0 Å². The Balaban J connectivity index is 1.33. The minimum atomic E-state index is 0.131. The SMILES string of the molecule is O=C(CN1CCc2ccccc21)N1CCC[C@H]1c1ccc2c(c1)OCCO2. The number of anilines is 1. The van der Waals surface area contributed by atoms with Gasteiger partial charge in [0.2, 0.25) is 5.91 Å². The quantitative estimate of drug-likeness (QED) is 0.839. The highest BCUT2D eigenvalue weighted by molar-refractivity contribution is 5.83. The molecule has 0 aliphatic carbocycles. The van der Waals surface area contributed by atoms with E-state index in [1.54, 1.807) is 0 Å². The number of amides is 1. The topological polar surface area (TPSA) is 42.0 Å². The van der Waals surface area contributed by atoms with Crippen LogP contribution in [0.4, 0.5) is 5.69 Å². The second-order valence-electron chi connectivity index (χ2n) is 7.45. The zero-order valence-electron chi connectivity index (χ0n) is 15.4. The minimum Gasteiger partial charge on any atom is -0.486 e. The van der Waals surface area contributed by atoms with Crippen LogP contribution < -0.4 is 14.4 Å². The van der Waals surface area contributed by atoms with E-state index in [9.17, 15) is 4.79 Å². The van der Waals surface area contributed by atoms with Crippen molar-refractivity contribution >= 4 is 11.6 Å². The summed E-state index contributed by atoms with van der Waals surface area (Å²) in [6.07, 6.45) is 3.07. The number of rotatable bonds is 3. The van der Waals surface area contributed by atoms with Gasteiger partial charge in [-0.25, -0.2) is 0 Å². The van der Waals surface area contributed by atoms with Crippen molar-refractivity contribution in [2.24, 2.45) is 0 Å². The molecule has 5 nitrogen and oxygen atoms in total. The van der Waals surface area contributed by atoms with Crippen molar-refractivity contribution < 1.29 is 14.3 Å². The van der Waals surface area contributed by atoms with Crippen molar-refractivity contribution in [3.8, 4) is 11.5 Å². The summed E-state index contributed by atoms with van der Waals surface area (Å²) in [6, 6.07) is 14.6. The average Bonchev–Trinajstić information content (AvgIpc) is 3.35. The Hall–Kier alpha value is -2.69. The number of hydrogen-bond acceptors (Lipinski definition) is 4. The van der Waals surface area contributed by atoms with E-state index in [1.807, 2.05) is 11.0 Å². The number of fused-ring (bicyclic) bond motifs is 2. The first-order valence-corrected chi connectivity index (χ1v) is 9.81. The molecule has 1 amide bonds. The highest BCUT2D eigenvalue weighted by atomic mass is 16.6. The van der Waals surface area contributed by atoms with Crippen molar-refractivity contribution in [1.82, 2.24) is 4.90 Å². The van der Waals surface area contributed by atoms with Gasteiger partial charge in [-0.15, -0.1) is 0 Å². The van der Waals surface area contributed by atoms with Gasteiger partial charge in [0, 0.05) is 18.8 Å². The molecule has 2 aromatic rings. The number of carbonyl (C=O) groups excluding carboxylic acids is 1. The molecule has 3 heterocycles. The largest absolute Gasteiger partial charge is 0.486 e. The van der Waals surface area contributed by atoms with Gasteiger partial charge in [-0.3, -0.25) is 4.79 Å². The van der Waals surface area contributed by atoms with E-state index in [-0.39, 0.29) is 11.9 Å². The van der Waals surface area contributed by atoms with Crippen molar-refractivity contribution in [3.63, 3.8) is 0 Å². The number of likely N-dealkylation sites (tertiary alicyclic amines) is 1. The Labute approximate surface area is 159 Å². The summed E-state index contributed by atoms with van der Waals surface area (Å²) in [5, 5.41) is 0. The molecule has 1 fully saturated rings. The molecule has 0 bridgehead atoms. The minimum absolute atomic E-state index is 0.131. The summed E-state index contributed by atoms with van der Waals surface area (Å²) in [7, 11) is 0. The summed E-state index contributed by atoms with van der Waals surface area (Å²) in [6.45, 7) is 3.38. The maximum absolute atomic E-state index is 13.1. The maximum Gasteiger partial charge on any atom is 0.242 e. The molecule has 140 valence electrons. The third kappa shape index (κ3) is 3.01. The Kier molecular flexibility index (Phi) is 4.15. The molecule has 0 saturated carbocycles. The molecular formula is C22H24N2O3. The molecule has 0 unspecified atom stereocenters. The van der Waals surface area contributed by atoms with Crippen molar-refractivity contribution in [2.75, 3.05) is 37.7 Å². The van der Waals surface area contributed by atoms with E-state index in [2.05, 4.69) is 41.3 Å². The van der Waals surface area contributed by atoms with Crippen molar-refractivity contribution in [1.29, 1.82) is 0 Å². The monoisotopic (exact) mass is 364 g/mol. The number of ether oxygens (including phenoxy) is 2. The standard InChI is InChI=1S/C22H24N2O3/c25-22(15-23-11-9-16-4-1-2-5-18(16)23)24-10-3-6-19(24)17-7-8-20-21(14-17)27-13-12-26-20/h1-2,4-5,7-8,14,19H,3,6,9-13,15H2/t19-/m0/s1. The number of nitrogens with zero attached hydrogens (tertiary/aromatic N) is 2. The Morgan fingerprint density at radius 2 is 1.89 bits per heavy atom. The summed E-state index contributed by atoms with van der Waals surface area (Å²) in [4.78, 5) is 17.4. The first-order chi connectivity index (χ1) is 13.3. The lowest BCUT2D eigenvalue weighted by atomic mass is 10.0. The van der Waals surface area contributed by atoms with Gasteiger partial charge in [-0.1, -0.05) is 24.3 Å².